The fourth-order valence-corrected chi connectivity index (χ4v) is 2.95. The summed E-state index contributed by atoms with van der Waals surface area (Å²) in [6.45, 7) is 4.00. The van der Waals surface area contributed by atoms with Gasteiger partial charge in [0.05, 0.1) is 14.2 Å². The van der Waals surface area contributed by atoms with Gasteiger partial charge in [0.1, 0.15) is 0 Å². The van der Waals surface area contributed by atoms with Gasteiger partial charge in [-0.1, -0.05) is 17.7 Å². The Kier molecular flexibility index (Phi) is 3.35. The van der Waals surface area contributed by atoms with Gasteiger partial charge >= 0.3 is 11.9 Å². The minimum atomic E-state index is -1.22. The quantitative estimate of drug-likeness (QED) is 0.601. The van der Waals surface area contributed by atoms with Crippen molar-refractivity contribution in [3.63, 3.8) is 0 Å². The molecule has 2 rings (SSSR count). The molecule has 102 valence electrons. The molecule has 19 heavy (non-hydrogen) atoms. The zero-order chi connectivity index (χ0) is 14.2. The van der Waals surface area contributed by atoms with Crippen molar-refractivity contribution in [2.45, 2.75) is 26.7 Å². The largest absolute Gasteiger partial charge is 0.468 e. The Morgan fingerprint density at radius 2 is 1.63 bits per heavy atom. The molecular formula is C15H18O4. The maximum Gasteiger partial charge on any atom is 0.323 e. The average Bonchev–Trinajstić information content (AvgIpc) is 2.77. The highest BCUT2D eigenvalue weighted by molar-refractivity contribution is 6.01. The number of hydrogen-bond acceptors (Lipinski definition) is 4. The molecular weight excluding hydrogens is 244 g/mol. The van der Waals surface area contributed by atoms with Crippen molar-refractivity contribution in [2.75, 3.05) is 14.2 Å². The maximum atomic E-state index is 12.1. The van der Waals surface area contributed by atoms with E-state index in [4.69, 9.17) is 9.47 Å². The zero-order valence-electron chi connectivity index (χ0n) is 11.7. The second-order valence-electron chi connectivity index (χ2n) is 5.14. The number of carbonyl (C=O) groups excluding carboxylic acids is 2. The van der Waals surface area contributed by atoms with Crippen LogP contribution in [-0.2, 0) is 31.9 Å². The van der Waals surface area contributed by atoms with Crippen LogP contribution >= 0.6 is 0 Å². The van der Waals surface area contributed by atoms with Crippen LogP contribution in [0.5, 0.6) is 0 Å². The zero-order valence-corrected chi connectivity index (χ0v) is 11.7. The minimum absolute atomic E-state index is 0.351. The number of rotatable bonds is 2. The van der Waals surface area contributed by atoms with Crippen molar-refractivity contribution in [1.82, 2.24) is 0 Å². The third-order valence-electron chi connectivity index (χ3n) is 3.83. The highest BCUT2D eigenvalue weighted by Gasteiger charge is 2.52. The van der Waals surface area contributed by atoms with Gasteiger partial charge in [-0.15, -0.1) is 0 Å². The van der Waals surface area contributed by atoms with Gasteiger partial charge in [-0.05, 0) is 37.0 Å². The molecule has 0 saturated carbocycles. The van der Waals surface area contributed by atoms with Crippen molar-refractivity contribution in [3.8, 4) is 0 Å². The Balaban J connectivity index is 2.51. The summed E-state index contributed by atoms with van der Waals surface area (Å²) in [5.41, 5.74) is 3.10. The van der Waals surface area contributed by atoms with Crippen molar-refractivity contribution < 1.29 is 19.1 Å². The van der Waals surface area contributed by atoms with Gasteiger partial charge in [0.2, 0.25) is 0 Å². The first-order valence-corrected chi connectivity index (χ1v) is 6.20. The maximum absolute atomic E-state index is 12.1. The molecule has 0 unspecified atom stereocenters. The van der Waals surface area contributed by atoms with Crippen LogP contribution in [0.3, 0.4) is 0 Å². The topological polar surface area (TPSA) is 52.6 Å². The first-order valence-electron chi connectivity index (χ1n) is 6.20. The van der Waals surface area contributed by atoms with Crippen LogP contribution in [0.2, 0.25) is 0 Å². The number of benzene rings is 1. The normalized spacial score (nSPS) is 15.8. The Bertz CT molecular complexity index is 529. The molecule has 0 aromatic heterocycles. The number of hydrogen-bond donors (Lipinski definition) is 0. The molecule has 1 aliphatic carbocycles. The lowest BCUT2D eigenvalue weighted by Gasteiger charge is -2.22. The van der Waals surface area contributed by atoms with E-state index >= 15 is 0 Å². The van der Waals surface area contributed by atoms with Gasteiger partial charge in [-0.3, -0.25) is 9.59 Å². The number of ether oxygens (including phenoxy) is 2. The molecule has 4 nitrogen and oxygen atoms in total. The molecule has 0 N–H and O–H groups in total. The van der Waals surface area contributed by atoms with E-state index < -0.39 is 17.4 Å². The molecule has 0 atom stereocenters. The summed E-state index contributed by atoms with van der Waals surface area (Å²) in [6.07, 6.45) is 0.706. The van der Waals surface area contributed by atoms with Gasteiger partial charge in [0.25, 0.3) is 0 Å². The van der Waals surface area contributed by atoms with Crippen LogP contribution in [0, 0.1) is 19.3 Å². The number of esters is 2. The summed E-state index contributed by atoms with van der Waals surface area (Å²) in [4.78, 5) is 24.2. The standard InChI is InChI=1S/C15H18O4/c1-9-5-10(2)12-8-15(13(16)18-3,14(17)19-4)7-11(12)6-9/h5-6H,7-8H2,1-4H3. The molecule has 1 aromatic rings. The van der Waals surface area contributed by atoms with Crippen LogP contribution < -0.4 is 0 Å². The molecule has 0 fully saturated rings. The summed E-state index contributed by atoms with van der Waals surface area (Å²) in [7, 11) is 2.60. The molecule has 0 amide bonds. The molecule has 4 heteroatoms. The lowest BCUT2D eigenvalue weighted by atomic mass is 9.84. The van der Waals surface area contributed by atoms with E-state index in [1.54, 1.807) is 0 Å². The van der Waals surface area contributed by atoms with E-state index in [2.05, 4.69) is 6.07 Å². The summed E-state index contributed by atoms with van der Waals surface area (Å²) in [5, 5.41) is 0. The fourth-order valence-electron chi connectivity index (χ4n) is 2.95. The first-order chi connectivity index (χ1) is 8.94. The van der Waals surface area contributed by atoms with E-state index in [9.17, 15) is 9.59 Å². The minimum Gasteiger partial charge on any atom is -0.468 e. The summed E-state index contributed by atoms with van der Waals surface area (Å²) in [5.74, 6) is -1.04. The lowest BCUT2D eigenvalue weighted by molar-refractivity contribution is -0.168. The smallest absolute Gasteiger partial charge is 0.323 e. The average molecular weight is 262 g/mol. The Labute approximate surface area is 112 Å². The Morgan fingerprint density at radius 3 is 2.16 bits per heavy atom. The molecule has 0 spiro atoms. The van der Waals surface area contributed by atoms with Crippen molar-refractivity contribution in [1.29, 1.82) is 0 Å². The number of methoxy groups -OCH3 is 2. The third-order valence-corrected chi connectivity index (χ3v) is 3.83. The van der Waals surface area contributed by atoms with Crippen LogP contribution in [-0.4, -0.2) is 26.2 Å². The van der Waals surface area contributed by atoms with E-state index in [0.29, 0.717) is 12.8 Å². The van der Waals surface area contributed by atoms with Gasteiger partial charge < -0.3 is 9.47 Å². The van der Waals surface area contributed by atoms with E-state index in [-0.39, 0.29) is 0 Å². The van der Waals surface area contributed by atoms with Gasteiger partial charge in [-0.2, -0.15) is 0 Å². The summed E-state index contributed by atoms with van der Waals surface area (Å²) in [6, 6.07) is 4.08. The monoisotopic (exact) mass is 262 g/mol. The highest BCUT2D eigenvalue weighted by Crippen LogP contribution is 2.41. The van der Waals surface area contributed by atoms with Crippen LogP contribution in [0.4, 0.5) is 0 Å². The van der Waals surface area contributed by atoms with E-state index in [0.717, 1.165) is 22.3 Å². The molecule has 0 bridgehead atoms. The van der Waals surface area contributed by atoms with Crippen molar-refractivity contribution >= 4 is 11.9 Å². The Hall–Kier alpha value is -1.84. The second kappa shape index (κ2) is 4.68. The molecule has 1 aromatic carbocycles. The van der Waals surface area contributed by atoms with Crippen molar-refractivity contribution in [3.05, 3.63) is 34.4 Å². The van der Waals surface area contributed by atoms with Crippen molar-refractivity contribution in [2.24, 2.45) is 5.41 Å². The predicted octanol–water partition coefficient (Wildman–Crippen LogP) is 1.73. The third kappa shape index (κ3) is 2.01. The highest BCUT2D eigenvalue weighted by atomic mass is 16.5. The molecule has 0 heterocycles. The summed E-state index contributed by atoms with van der Waals surface area (Å²) < 4.78 is 9.64. The fraction of sp³-hybridized carbons (Fsp3) is 0.467. The Morgan fingerprint density at radius 1 is 1.05 bits per heavy atom. The second-order valence-corrected chi connectivity index (χ2v) is 5.14. The SMILES string of the molecule is COC(=O)C1(C(=O)OC)Cc2cc(C)cc(C)c2C1. The number of aryl methyl sites for hydroxylation is 2. The predicted molar refractivity (Wildman–Crippen MR) is 69.8 cm³/mol. The van der Waals surface area contributed by atoms with Crippen LogP contribution in [0.15, 0.2) is 12.1 Å². The first kappa shape index (κ1) is 13.6. The molecule has 0 saturated heterocycles. The van der Waals surface area contributed by atoms with E-state index in [1.165, 1.54) is 14.2 Å². The van der Waals surface area contributed by atoms with Gasteiger partial charge in [-0.25, -0.2) is 0 Å². The molecule has 0 aliphatic heterocycles. The van der Waals surface area contributed by atoms with Crippen LogP contribution in [0.1, 0.15) is 22.3 Å². The summed E-state index contributed by atoms with van der Waals surface area (Å²) >= 11 is 0. The number of fused-ring (bicyclic) bond motifs is 1. The van der Waals surface area contributed by atoms with Gasteiger partial charge in [0.15, 0.2) is 5.41 Å². The van der Waals surface area contributed by atoms with Crippen LogP contribution in [0.25, 0.3) is 0 Å². The molecule has 1 aliphatic rings. The lowest BCUT2D eigenvalue weighted by Crippen LogP contribution is -2.42. The molecule has 0 radical (unpaired) electrons. The van der Waals surface area contributed by atoms with E-state index in [1.807, 2.05) is 19.9 Å². The van der Waals surface area contributed by atoms with Gasteiger partial charge in [0, 0.05) is 6.42 Å². The number of carbonyl (C=O) groups is 2.